The summed E-state index contributed by atoms with van der Waals surface area (Å²) in [7, 11) is 0. The van der Waals surface area contributed by atoms with E-state index >= 15 is 0 Å². The largest absolute Gasteiger partial charge is 0.507 e. The Kier molecular flexibility index (Phi) is 1.03. The molecule has 0 saturated carbocycles. The second kappa shape index (κ2) is 2.39. The minimum Gasteiger partial charge on any atom is -0.507 e. The second-order valence-electron chi connectivity index (χ2n) is 1.67. The Morgan fingerprint density at radius 3 is 3.00 bits per heavy atom. The first-order valence-electron chi connectivity index (χ1n) is 3.56. The Bertz CT molecular complexity index is 336. The summed E-state index contributed by atoms with van der Waals surface area (Å²) in [6.07, 6.45) is 0. The molecule has 0 heterocycles. The van der Waals surface area contributed by atoms with E-state index in [-0.39, 0.29) is 12.1 Å². The van der Waals surface area contributed by atoms with E-state index < -0.39 is 17.3 Å². The minimum atomic E-state index is -1.34. The fourth-order valence-electron chi connectivity index (χ4n) is 0.544. The molecule has 1 rings (SSSR count). The molecule has 0 saturated heterocycles. The molecule has 1 aromatic carbocycles. The third-order valence-corrected chi connectivity index (χ3v) is 1.01. The van der Waals surface area contributed by atoms with Crippen molar-refractivity contribution in [2.45, 2.75) is 0 Å². The van der Waals surface area contributed by atoms with Gasteiger partial charge in [0.05, 0.1) is 2.74 Å². The van der Waals surface area contributed by atoms with Crippen LogP contribution < -0.4 is 0 Å². The van der Waals surface area contributed by atoms with Crippen LogP contribution in [0.2, 0.25) is 0 Å². The molecule has 0 aliphatic carbocycles. The molecular weight excluding hydrogens is 132 g/mol. The van der Waals surface area contributed by atoms with Gasteiger partial charge in [0.25, 0.3) is 0 Å². The number of para-hydroxylation sites is 1. The Morgan fingerprint density at radius 2 is 2.40 bits per heavy atom. The van der Waals surface area contributed by atoms with E-state index in [0.717, 1.165) is 12.1 Å². The smallest absolute Gasteiger partial charge is 0.339 e. The monoisotopic (exact) mass is 140 g/mol. The van der Waals surface area contributed by atoms with Crippen molar-refractivity contribution in [2.24, 2.45) is 0 Å². The van der Waals surface area contributed by atoms with E-state index in [2.05, 4.69) is 0 Å². The van der Waals surface area contributed by atoms with Gasteiger partial charge in [-0.05, 0) is 12.1 Å². The third-order valence-electron chi connectivity index (χ3n) is 1.01. The first-order chi connectivity index (χ1) is 5.52. The maximum Gasteiger partial charge on any atom is 0.339 e. The lowest BCUT2D eigenvalue weighted by Crippen LogP contribution is -1.95. The van der Waals surface area contributed by atoms with Gasteiger partial charge in [-0.2, -0.15) is 0 Å². The standard InChI is InChI=1S/C7H6O3/c8-6-4-2-1-3-5(6)7(9)10/h1-4,8H,(H,9,10)/i1D,4D. The molecule has 0 aliphatic rings. The van der Waals surface area contributed by atoms with Gasteiger partial charge in [-0.3, -0.25) is 0 Å². The number of phenols is 1. The lowest BCUT2D eigenvalue weighted by molar-refractivity contribution is 0.0694. The summed E-state index contributed by atoms with van der Waals surface area (Å²) in [5.41, 5.74) is -0.410. The average Bonchev–Trinajstić information content (AvgIpc) is 1.96. The highest BCUT2D eigenvalue weighted by atomic mass is 16.4. The molecule has 0 atom stereocenters. The van der Waals surface area contributed by atoms with Crippen LogP contribution in [-0.2, 0) is 0 Å². The van der Waals surface area contributed by atoms with Gasteiger partial charge in [-0.1, -0.05) is 12.1 Å². The predicted octanol–water partition coefficient (Wildman–Crippen LogP) is 1.09. The van der Waals surface area contributed by atoms with Crippen LogP contribution >= 0.6 is 0 Å². The number of benzene rings is 1. The highest BCUT2D eigenvalue weighted by Gasteiger charge is 2.05. The molecule has 0 aromatic heterocycles. The summed E-state index contributed by atoms with van der Waals surface area (Å²) in [5.74, 6) is -1.94. The van der Waals surface area contributed by atoms with Crippen LogP contribution in [0, 0.1) is 0 Å². The van der Waals surface area contributed by atoms with Crippen molar-refractivity contribution in [3.8, 4) is 5.75 Å². The number of carboxylic acids is 1. The molecule has 2 N–H and O–H groups in total. The molecule has 0 spiro atoms. The molecule has 10 heavy (non-hydrogen) atoms. The molecule has 3 nitrogen and oxygen atoms in total. The van der Waals surface area contributed by atoms with Gasteiger partial charge in [0.1, 0.15) is 11.3 Å². The number of rotatable bonds is 1. The maximum atomic E-state index is 10.4. The number of hydrogen-bond acceptors (Lipinski definition) is 2. The molecule has 0 aliphatic heterocycles. The van der Waals surface area contributed by atoms with Gasteiger partial charge in [0.15, 0.2) is 0 Å². The second-order valence-corrected chi connectivity index (χ2v) is 1.67. The molecule has 52 valence electrons. The summed E-state index contributed by atoms with van der Waals surface area (Å²) in [6.45, 7) is 0. The molecule has 0 radical (unpaired) electrons. The number of aromatic hydroxyl groups is 1. The van der Waals surface area contributed by atoms with Crippen LogP contribution in [0.5, 0.6) is 5.75 Å². The van der Waals surface area contributed by atoms with Crippen molar-refractivity contribution in [1.29, 1.82) is 0 Å². The summed E-state index contributed by atoms with van der Waals surface area (Å²) in [5, 5.41) is 17.5. The number of carbonyl (C=O) groups is 1. The molecule has 0 unspecified atom stereocenters. The summed E-state index contributed by atoms with van der Waals surface area (Å²) < 4.78 is 14.1. The Morgan fingerprint density at radius 1 is 1.70 bits per heavy atom. The van der Waals surface area contributed by atoms with Gasteiger partial charge < -0.3 is 10.2 Å². The van der Waals surface area contributed by atoms with Gasteiger partial charge in [-0.25, -0.2) is 4.79 Å². The molecule has 3 heteroatoms. The maximum absolute atomic E-state index is 10.4. The highest BCUT2D eigenvalue weighted by Crippen LogP contribution is 2.14. The number of carboxylic acid groups (broad SMARTS) is 1. The van der Waals surface area contributed by atoms with Crippen molar-refractivity contribution in [3.05, 3.63) is 29.8 Å². The minimum absolute atomic E-state index is 0.102. The Labute approximate surface area is 60.4 Å². The zero-order valence-electron chi connectivity index (χ0n) is 6.96. The summed E-state index contributed by atoms with van der Waals surface area (Å²) in [6, 6.07) is 1.62. The summed E-state index contributed by atoms with van der Waals surface area (Å²) in [4.78, 5) is 10.4. The lowest BCUT2D eigenvalue weighted by Gasteiger charge is -1.95. The van der Waals surface area contributed by atoms with Crippen LogP contribution in [0.3, 0.4) is 0 Å². The SMILES string of the molecule is [2H]c1cc([2H])c(O)c(C(=O)O)c1. The first-order valence-corrected chi connectivity index (χ1v) is 2.56. The predicted molar refractivity (Wildman–Crippen MR) is 35.1 cm³/mol. The van der Waals surface area contributed by atoms with Crippen LogP contribution in [0.15, 0.2) is 24.2 Å². The van der Waals surface area contributed by atoms with E-state index in [4.69, 9.17) is 13.0 Å². The van der Waals surface area contributed by atoms with Crippen molar-refractivity contribution in [2.75, 3.05) is 0 Å². The van der Waals surface area contributed by atoms with Gasteiger partial charge in [0.2, 0.25) is 0 Å². The quantitative estimate of drug-likeness (QED) is 0.613. The third kappa shape index (κ3) is 1.07. The van der Waals surface area contributed by atoms with E-state index in [1.807, 2.05) is 0 Å². The molecule has 1 aromatic rings. The van der Waals surface area contributed by atoms with E-state index in [1.54, 1.807) is 0 Å². The fourth-order valence-corrected chi connectivity index (χ4v) is 0.544. The van der Waals surface area contributed by atoms with E-state index in [0.29, 0.717) is 0 Å². The van der Waals surface area contributed by atoms with Crippen LogP contribution in [0.1, 0.15) is 13.1 Å². The van der Waals surface area contributed by atoms with Crippen molar-refractivity contribution >= 4 is 5.97 Å². The van der Waals surface area contributed by atoms with Gasteiger partial charge in [-0.15, -0.1) is 0 Å². The number of hydrogen-bond donors (Lipinski definition) is 2. The van der Waals surface area contributed by atoms with Gasteiger partial charge in [0, 0.05) is 0 Å². The molecule has 0 amide bonds. The Balaban J connectivity index is 3.37. The van der Waals surface area contributed by atoms with Crippen LogP contribution in [-0.4, -0.2) is 16.2 Å². The zero-order valence-corrected chi connectivity index (χ0v) is 4.96. The van der Waals surface area contributed by atoms with Crippen molar-refractivity contribution < 1.29 is 17.7 Å². The fraction of sp³-hybridized carbons (Fsp3) is 0. The lowest BCUT2D eigenvalue weighted by atomic mass is 10.2. The van der Waals surface area contributed by atoms with Crippen molar-refractivity contribution in [1.82, 2.24) is 0 Å². The van der Waals surface area contributed by atoms with Crippen molar-refractivity contribution in [3.63, 3.8) is 0 Å². The first kappa shape index (κ1) is 4.33. The average molecular weight is 140 g/mol. The van der Waals surface area contributed by atoms with Crippen LogP contribution in [0.25, 0.3) is 0 Å². The van der Waals surface area contributed by atoms with E-state index in [1.165, 1.54) is 0 Å². The molecule has 0 fully saturated rings. The zero-order chi connectivity index (χ0) is 9.30. The molecule has 0 bridgehead atoms. The highest BCUT2D eigenvalue weighted by molar-refractivity contribution is 5.90. The van der Waals surface area contributed by atoms with Crippen LogP contribution in [0.4, 0.5) is 0 Å². The topological polar surface area (TPSA) is 57.5 Å². The molecular formula is C7H6O3. The summed E-state index contributed by atoms with van der Waals surface area (Å²) >= 11 is 0. The normalized spacial score (nSPS) is 12.0. The Hall–Kier alpha value is -1.51. The van der Waals surface area contributed by atoms with Gasteiger partial charge >= 0.3 is 5.97 Å². The van der Waals surface area contributed by atoms with E-state index in [9.17, 15) is 4.79 Å². The number of aromatic carboxylic acids is 1.